The molecule has 0 heterocycles. The van der Waals surface area contributed by atoms with Crippen molar-refractivity contribution < 1.29 is 9.00 Å². The molecular formula is C11H15NO2S. The Labute approximate surface area is 92.1 Å². The minimum atomic E-state index is -1.21. The lowest BCUT2D eigenvalue weighted by Crippen LogP contribution is -2.22. The van der Waals surface area contributed by atoms with Crippen molar-refractivity contribution in [1.82, 2.24) is 0 Å². The van der Waals surface area contributed by atoms with Crippen LogP contribution in [-0.2, 0) is 15.6 Å². The van der Waals surface area contributed by atoms with Crippen molar-refractivity contribution in [3.63, 3.8) is 0 Å². The highest BCUT2D eigenvalue weighted by molar-refractivity contribution is 7.86. The summed E-state index contributed by atoms with van der Waals surface area (Å²) in [5.41, 5.74) is 6.03. The Bertz CT molecular complexity index is 351. The van der Waals surface area contributed by atoms with Gasteiger partial charge in [0.1, 0.15) is 5.75 Å². The van der Waals surface area contributed by atoms with E-state index in [2.05, 4.69) is 0 Å². The van der Waals surface area contributed by atoms with Crippen molar-refractivity contribution in [2.75, 3.05) is 5.75 Å². The first kappa shape index (κ1) is 11.9. The largest absolute Gasteiger partial charge is 0.369 e. The fourth-order valence-corrected chi connectivity index (χ4v) is 2.80. The Morgan fingerprint density at radius 2 is 2.00 bits per heavy atom. The van der Waals surface area contributed by atoms with Crippen LogP contribution in [0, 0.1) is 0 Å². The van der Waals surface area contributed by atoms with E-state index in [-0.39, 0.29) is 11.0 Å². The molecule has 0 saturated carbocycles. The molecule has 1 aromatic carbocycles. The molecule has 3 nitrogen and oxygen atoms in total. The number of primary amides is 1. The van der Waals surface area contributed by atoms with Crippen molar-refractivity contribution in [2.45, 2.75) is 18.6 Å². The molecule has 15 heavy (non-hydrogen) atoms. The fraction of sp³-hybridized carbons (Fsp3) is 0.364. The number of hydrogen-bond acceptors (Lipinski definition) is 2. The van der Waals surface area contributed by atoms with Crippen molar-refractivity contribution >= 4 is 16.7 Å². The predicted octanol–water partition coefficient (Wildman–Crippen LogP) is 1.37. The molecule has 0 unspecified atom stereocenters. The summed E-state index contributed by atoms with van der Waals surface area (Å²) in [4.78, 5) is 10.7. The normalized spacial score (nSPS) is 14.5. The highest BCUT2D eigenvalue weighted by Gasteiger charge is 2.18. The number of amides is 1. The molecule has 0 aliphatic carbocycles. The first-order valence-corrected chi connectivity index (χ1v) is 6.23. The van der Waals surface area contributed by atoms with Crippen LogP contribution in [0.5, 0.6) is 0 Å². The van der Waals surface area contributed by atoms with Gasteiger partial charge in [-0.2, -0.15) is 0 Å². The van der Waals surface area contributed by atoms with E-state index in [9.17, 15) is 9.00 Å². The predicted molar refractivity (Wildman–Crippen MR) is 61.7 cm³/mol. The Kier molecular flexibility index (Phi) is 4.49. The van der Waals surface area contributed by atoms with Gasteiger partial charge in [0.15, 0.2) is 0 Å². The summed E-state index contributed by atoms with van der Waals surface area (Å²) in [6, 6.07) is 9.56. The molecule has 1 amide bonds. The first-order valence-electron chi connectivity index (χ1n) is 4.85. The minimum absolute atomic E-state index is 0.0621. The Morgan fingerprint density at radius 1 is 1.40 bits per heavy atom. The zero-order valence-electron chi connectivity index (χ0n) is 8.68. The number of rotatable bonds is 5. The van der Waals surface area contributed by atoms with E-state index in [1.54, 1.807) is 0 Å². The summed E-state index contributed by atoms with van der Waals surface area (Å²) in [7, 11) is -1.21. The first-order chi connectivity index (χ1) is 7.15. The van der Waals surface area contributed by atoms with Gasteiger partial charge in [0.2, 0.25) is 5.91 Å². The lowest BCUT2D eigenvalue weighted by molar-refractivity contribution is -0.115. The van der Waals surface area contributed by atoms with Gasteiger partial charge >= 0.3 is 0 Å². The van der Waals surface area contributed by atoms with E-state index in [4.69, 9.17) is 5.73 Å². The molecule has 0 fully saturated rings. The zero-order chi connectivity index (χ0) is 11.3. The lowest BCUT2D eigenvalue weighted by atomic mass is 10.1. The van der Waals surface area contributed by atoms with Crippen LogP contribution >= 0.6 is 0 Å². The van der Waals surface area contributed by atoms with Crippen molar-refractivity contribution in [2.24, 2.45) is 5.73 Å². The quantitative estimate of drug-likeness (QED) is 0.822. The highest BCUT2D eigenvalue weighted by atomic mass is 32.2. The number of carbonyl (C=O) groups excluding carboxylic acids is 1. The standard InChI is InChI=1S/C11H15NO2S/c1-2-10(15(14)8-11(12)13)9-6-4-3-5-7-9/h3-7,10H,2,8H2,1H3,(H2,12,13)/t10-,15-/m1/s1. The van der Waals surface area contributed by atoms with Crippen LogP contribution in [0.4, 0.5) is 0 Å². The summed E-state index contributed by atoms with van der Waals surface area (Å²) < 4.78 is 11.8. The van der Waals surface area contributed by atoms with E-state index in [0.717, 1.165) is 12.0 Å². The van der Waals surface area contributed by atoms with Crippen LogP contribution in [0.25, 0.3) is 0 Å². The maximum Gasteiger partial charge on any atom is 0.230 e. The van der Waals surface area contributed by atoms with Gasteiger partial charge in [-0.05, 0) is 12.0 Å². The molecule has 0 aliphatic rings. The van der Waals surface area contributed by atoms with Crippen molar-refractivity contribution in [3.8, 4) is 0 Å². The smallest absolute Gasteiger partial charge is 0.230 e. The average Bonchev–Trinajstić information content (AvgIpc) is 2.19. The second kappa shape index (κ2) is 5.66. The van der Waals surface area contributed by atoms with Crippen molar-refractivity contribution in [1.29, 1.82) is 0 Å². The number of hydrogen-bond donors (Lipinski definition) is 1. The summed E-state index contributed by atoms with van der Waals surface area (Å²) in [6.07, 6.45) is 0.740. The number of nitrogens with two attached hydrogens (primary N) is 1. The second-order valence-corrected chi connectivity index (χ2v) is 4.92. The Balaban J connectivity index is 2.80. The van der Waals surface area contributed by atoms with E-state index in [1.165, 1.54) is 0 Å². The highest BCUT2D eigenvalue weighted by Crippen LogP contribution is 2.22. The summed E-state index contributed by atoms with van der Waals surface area (Å²) in [5, 5.41) is -0.0984. The SMILES string of the molecule is CC[C@H](c1ccccc1)[S@](=O)CC(N)=O. The third-order valence-corrected chi connectivity index (χ3v) is 3.95. The van der Waals surface area contributed by atoms with Gasteiger partial charge in [-0.25, -0.2) is 0 Å². The Morgan fingerprint density at radius 3 is 2.47 bits per heavy atom. The van der Waals surface area contributed by atoms with Crippen LogP contribution in [-0.4, -0.2) is 15.9 Å². The summed E-state index contributed by atoms with van der Waals surface area (Å²) in [6.45, 7) is 1.95. The minimum Gasteiger partial charge on any atom is -0.369 e. The maximum atomic E-state index is 11.8. The fourth-order valence-electron chi connectivity index (χ4n) is 1.48. The van der Waals surface area contributed by atoms with Crippen LogP contribution in [0.2, 0.25) is 0 Å². The van der Waals surface area contributed by atoms with E-state index in [1.807, 2.05) is 37.3 Å². The van der Waals surface area contributed by atoms with E-state index >= 15 is 0 Å². The van der Waals surface area contributed by atoms with E-state index < -0.39 is 16.7 Å². The molecular weight excluding hydrogens is 210 g/mol. The van der Waals surface area contributed by atoms with Gasteiger partial charge in [0.25, 0.3) is 0 Å². The molecule has 1 rings (SSSR count). The molecule has 2 atom stereocenters. The molecule has 0 aliphatic heterocycles. The van der Waals surface area contributed by atoms with Gasteiger partial charge in [0.05, 0.1) is 5.25 Å². The van der Waals surface area contributed by atoms with Gasteiger partial charge < -0.3 is 5.73 Å². The summed E-state index contributed by atoms with van der Waals surface area (Å²) in [5.74, 6) is -0.573. The average molecular weight is 225 g/mol. The Hall–Kier alpha value is -1.16. The van der Waals surface area contributed by atoms with Crippen LogP contribution in [0.1, 0.15) is 24.2 Å². The molecule has 0 aromatic heterocycles. The second-order valence-electron chi connectivity index (χ2n) is 3.30. The summed E-state index contributed by atoms with van der Waals surface area (Å²) >= 11 is 0. The van der Waals surface area contributed by atoms with Crippen LogP contribution < -0.4 is 5.73 Å². The van der Waals surface area contributed by atoms with Gasteiger partial charge in [0, 0.05) is 10.8 Å². The maximum absolute atomic E-state index is 11.8. The molecule has 0 bridgehead atoms. The molecule has 4 heteroatoms. The lowest BCUT2D eigenvalue weighted by Gasteiger charge is -2.13. The molecule has 1 aromatic rings. The molecule has 0 spiro atoms. The third-order valence-electron chi connectivity index (χ3n) is 2.14. The van der Waals surface area contributed by atoms with Gasteiger partial charge in [-0.3, -0.25) is 9.00 Å². The van der Waals surface area contributed by atoms with Crippen LogP contribution in [0.3, 0.4) is 0 Å². The van der Waals surface area contributed by atoms with Gasteiger partial charge in [-0.1, -0.05) is 37.3 Å². The topological polar surface area (TPSA) is 60.2 Å². The van der Waals surface area contributed by atoms with E-state index in [0.29, 0.717) is 0 Å². The molecule has 2 N–H and O–H groups in total. The third kappa shape index (κ3) is 3.47. The molecule has 0 saturated heterocycles. The van der Waals surface area contributed by atoms with Crippen LogP contribution in [0.15, 0.2) is 30.3 Å². The van der Waals surface area contributed by atoms with Gasteiger partial charge in [-0.15, -0.1) is 0 Å². The number of carbonyl (C=O) groups is 1. The number of benzene rings is 1. The molecule has 0 radical (unpaired) electrons. The monoisotopic (exact) mass is 225 g/mol. The zero-order valence-corrected chi connectivity index (χ0v) is 9.50. The van der Waals surface area contributed by atoms with Crippen molar-refractivity contribution in [3.05, 3.63) is 35.9 Å². The molecule has 82 valence electrons.